The first-order valence-electron chi connectivity index (χ1n) is 10.7. The molecule has 2 atom stereocenters. The molecule has 1 aromatic carbocycles. The van der Waals surface area contributed by atoms with Crippen LogP contribution in [0.3, 0.4) is 0 Å². The molecule has 5 nitrogen and oxygen atoms in total. The van der Waals surface area contributed by atoms with E-state index < -0.39 is 9.84 Å². The Hall–Kier alpha value is -1.63. The summed E-state index contributed by atoms with van der Waals surface area (Å²) in [6.07, 6.45) is 2.98. The van der Waals surface area contributed by atoms with E-state index in [4.69, 9.17) is 23.2 Å². The Bertz CT molecular complexity index is 1200. The van der Waals surface area contributed by atoms with E-state index in [9.17, 15) is 13.2 Å². The molecule has 0 unspecified atom stereocenters. The lowest BCUT2D eigenvalue weighted by atomic mass is 9.61. The van der Waals surface area contributed by atoms with Crippen LogP contribution < -0.4 is 0 Å². The zero-order valence-corrected chi connectivity index (χ0v) is 21.1. The van der Waals surface area contributed by atoms with Gasteiger partial charge in [-0.05, 0) is 61.3 Å². The van der Waals surface area contributed by atoms with Crippen molar-refractivity contribution in [3.05, 3.63) is 57.8 Å². The largest absolute Gasteiger partial charge is 0.331 e. The van der Waals surface area contributed by atoms with Gasteiger partial charge in [0.15, 0.2) is 9.84 Å². The van der Waals surface area contributed by atoms with Crippen LogP contribution in [0.2, 0.25) is 10.0 Å². The number of carbonyl (C=O) groups excluding carboxylic acids is 1. The molecule has 2 bridgehead atoms. The van der Waals surface area contributed by atoms with Crippen LogP contribution in [0.5, 0.6) is 0 Å². The normalized spacial score (nSPS) is 26.1. The number of rotatable bonds is 4. The zero-order chi connectivity index (χ0) is 23.5. The summed E-state index contributed by atoms with van der Waals surface area (Å²) in [5.74, 6) is -0.509. The summed E-state index contributed by atoms with van der Waals surface area (Å²) in [4.78, 5) is 19.9. The molecule has 2 aromatic rings. The van der Waals surface area contributed by atoms with Gasteiger partial charge >= 0.3 is 0 Å². The Morgan fingerprint density at radius 2 is 1.70 bits per heavy atom. The van der Waals surface area contributed by atoms with E-state index >= 15 is 0 Å². The van der Waals surface area contributed by atoms with Gasteiger partial charge in [0.05, 0.1) is 26.4 Å². The Morgan fingerprint density at radius 3 is 2.39 bits per heavy atom. The maximum Gasteiger partial charge on any atom is 0.272 e. The van der Waals surface area contributed by atoms with Crippen molar-refractivity contribution in [2.75, 3.05) is 6.54 Å². The highest BCUT2D eigenvalue weighted by Gasteiger charge is 2.57. The topological polar surface area (TPSA) is 67.3 Å². The second-order valence-corrected chi connectivity index (χ2v) is 13.5. The number of halogens is 2. The third kappa shape index (κ3) is 4.94. The Morgan fingerprint density at radius 1 is 1.03 bits per heavy atom. The van der Waals surface area contributed by atoms with E-state index in [0.717, 1.165) is 19.3 Å². The highest BCUT2D eigenvalue weighted by atomic mass is 35.5. The molecule has 2 fully saturated rings. The van der Waals surface area contributed by atoms with Crippen LogP contribution in [0.1, 0.15) is 70.6 Å². The molecule has 1 aromatic heterocycles. The summed E-state index contributed by atoms with van der Waals surface area (Å²) >= 11 is 12.1. The molecule has 0 spiro atoms. The second kappa shape index (κ2) is 8.54. The number of benzene rings is 1. The van der Waals surface area contributed by atoms with E-state index in [1.165, 1.54) is 12.1 Å². The van der Waals surface area contributed by atoms with Gasteiger partial charge < -0.3 is 4.90 Å². The lowest BCUT2D eigenvalue weighted by Gasteiger charge is -2.45. The van der Waals surface area contributed by atoms with Crippen molar-refractivity contribution in [3.63, 3.8) is 0 Å². The molecule has 2 heterocycles. The Balaban J connectivity index is 0.00000306. The third-order valence-corrected chi connectivity index (χ3v) is 9.24. The fourth-order valence-corrected chi connectivity index (χ4v) is 8.38. The maximum absolute atomic E-state index is 13.5. The van der Waals surface area contributed by atoms with Gasteiger partial charge in [-0.25, -0.2) is 13.4 Å². The van der Waals surface area contributed by atoms with Crippen LogP contribution in [-0.2, 0) is 15.6 Å². The van der Waals surface area contributed by atoms with Crippen LogP contribution in [-0.4, -0.2) is 36.3 Å². The van der Waals surface area contributed by atoms with Crippen molar-refractivity contribution >= 4 is 38.9 Å². The number of amides is 1. The molecule has 4 rings (SSSR count). The monoisotopic (exact) mass is 510 g/mol. The zero-order valence-electron chi connectivity index (χ0n) is 18.8. The number of sulfone groups is 1. The average molecular weight is 512 g/mol. The molecule has 0 radical (unpaired) electrons. The lowest BCUT2D eigenvalue weighted by molar-refractivity contribution is 0.0464. The minimum absolute atomic E-state index is 0. The standard InChI is InChI=1S/C24H28Cl2N2O3S.CH4/c1-22(2)12-23(3)14-24(4,13-22)28(15-23)21(29)18-9-5-7-16(27-18)11-32(30,31)19-10-6-8-17(25)20(19)26;/h5-10H,11-15H2,1-4H3;1H4/t23-,24+;/m0./s1. The molecule has 33 heavy (non-hydrogen) atoms. The van der Waals surface area contributed by atoms with Crippen molar-refractivity contribution < 1.29 is 13.2 Å². The van der Waals surface area contributed by atoms with Crippen molar-refractivity contribution in [2.45, 2.75) is 70.6 Å². The summed E-state index contributed by atoms with van der Waals surface area (Å²) in [5, 5.41) is 0.170. The molecule has 2 aliphatic rings. The number of carbonyl (C=O) groups is 1. The van der Waals surface area contributed by atoms with Crippen LogP contribution in [0.4, 0.5) is 0 Å². The van der Waals surface area contributed by atoms with Crippen molar-refractivity contribution in [2.24, 2.45) is 10.8 Å². The molecular formula is C25H32Cl2N2O3S. The van der Waals surface area contributed by atoms with Crippen LogP contribution >= 0.6 is 23.2 Å². The van der Waals surface area contributed by atoms with Crippen molar-refractivity contribution in [1.82, 2.24) is 9.88 Å². The fraction of sp³-hybridized carbons (Fsp3) is 0.520. The first kappa shape index (κ1) is 26.0. The van der Waals surface area contributed by atoms with Gasteiger partial charge in [0.1, 0.15) is 5.69 Å². The molecule has 1 aliphatic heterocycles. The van der Waals surface area contributed by atoms with Crippen LogP contribution in [0.25, 0.3) is 0 Å². The predicted octanol–water partition coefficient (Wildman–Crippen LogP) is 6.43. The summed E-state index contributed by atoms with van der Waals surface area (Å²) in [5.41, 5.74) is 0.578. The Labute approximate surface area is 207 Å². The van der Waals surface area contributed by atoms with Crippen LogP contribution in [0.15, 0.2) is 41.3 Å². The van der Waals surface area contributed by atoms with Gasteiger partial charge in [-0.2, -0.15) is 0 Å². The van der Waals surface area contributed by atoms with Crippen molar-refractivity contribution in [1.29, 1.82) is 0 Å². The number of fused-ring (bicyclic) bond motifs is 2. The quantitative estimate of drug-likeness (QED) is 0.475. The molecule has 1 aliphatic carbocycles. The highest BCUT2D eigenvalue weighted by molar-refractivity contribution is 7.90. The van der Waals surface area contributed by atoms with E-state index in [-0.39, 0.29) is 56.1 Å². The fourth-order valence-electron chi connectivity index (χ4n) is 6.30. The van der Waals surface area contributed by atoms with Crippen molar-refractivity contribution in [3.8, 4) is 0 Å². The number of likely N-dealkylation sites (tertiary alicyclic amines) is 1. The summed E-state index contributed by atoms with van der Waals surface area (Å²) < 4.78 is 25.9. The minimum Gasteiger partial charge on any atom is -0.331 e. The number of nitrogens with zero attached hydrogens (tertiary/aromatic N) is 2. The van der Waals surface area contributed by atoms with Gasteiger partial charge in [-0.1, -0.05) is 63.5 Å². The molecule has 180 valence electrons. The van der Waals surface area contributed by atoms with Gasteiger partial charge in [0, 0.05) is 12.1 Å². The predicted molar refractivity (Wildman–Crippen MR) is 134 cm³/mol. The SMILES string of the molecule is C.CC1(C)C[C@]2(C)CN(C(=O)c3cccc(CS(=O)(=O)c4cccc(Cl)c4Cl)n3)[C@](C)(C1)C2. The van der Waals surface area contributed by atoms with Gasteiger partial charge in [0.2, 0.25) is 0 Å². The number of pyridine rings is 1. The smallest absolute Gasteiger partial charge is 0.272 e. The highest BCUT2D eigenvalue weighted by Crippen LogP contribution is 2.57. The second-order valence-electron chi connectivity index (χ2n) is 10.7. The summed E-state index contributed by atoms with van der Waals surface area (Å²) in [6.45, 7) is 9.63. The maximum atomic E-state index is 13.5. The summed E-state index contributed by atoms with van der Waals surface area (Å²) in [6, 6.07) is 9.45. The molecular weight excluding hydrogens is 479 g/mol. The number of hydrogen-bond acceptors (Lipinski definition) is 4. The molecule has 0 N–H and O–H groups in total. The Kier molecular flexibility index (Phi) is 6.73. The molecule has 1 saturated heterocycles. The number of hydrogen-bond donors (Lipinski definition) is 0. The van der Waals surface area contributed by atoms with E-state index in [1.54, 1.807) is 24.3 Å². The average Bonchev–Trinajstić information content (AvgIpc) is 2.86. The first-order valence-corrected chi connectivity index (χ1v) is 13.1. The van der Waals surface area contributed by atoms with E-state index in [1.807, 2.05) is 4.90 Å². The third-order valence-electron chi connectivity index (χ3n) is 6.62. The number of aromatic nitrogens is 1. The van der Waals surface area contributed by atoms with Gasteiger partial charge in [-0.15, -0.1) is 0 Å². The lowest BCUT2D eigenvalue weighted by Crippen LogP contribution is -2.48. The van der Waals surface area contributed by atoms with Crippen LogP contribution in [0, 0.1) is 10.8 Å². The molecule has 1 saturated carbocycles. The summed E-state index contributed by atoms with van der Waals surface area (Å²) in [7, 11) is -3.78. The first-order chi connectivity index (χ1) is 14.7. The van der Waals surface area contributed by atoms with Gasteiger partial charge in [0.25, 0.3) is 5.91 Å². The molecule has 8 heteroatoms. The molecule has 1 amide bonds. The van der Waals surface area contributed by atoms with E-state index in [2.05, 4.69) is 32.7 Å². The minimum atomic E-state index is -3.78. The van der Waals surface area contributed by atoms with E-state index in [0.29, 0.717) is 12.2 Å². The van der Waals surface area contributed by atoms with Gasteiger partial charge in [-0.3, -0.25) is 4.79 Å².